The molecule has 172 valence electrons. The lowest BCUT2D eigenvalue weighted by molar-refractivity contribution is 0.150. The van der Waals surface area contributed by atoms with Gasteiger partial charge in [0.1, 0.15) is 5.76 Å². The van der Waals surface area contributed by atoms with Gasteiger partial charge >= 0.3 is 0 Å². The van der Waals surface area contributed by atoms with Crippen molar-refractivity contribution in [2.24, 2.45) is 4.99 Å². The first-order valence-electron chi connectivity index (χ1n) is 11.2. The third-order valence-electron chi connectivity index (χ3n) is 5.49. The molecule has 2 N–H and O–H groups in total. The molecule has 0 radical (unpaired) electrons. The summed E-state index contributed by atoms with van der Waals surface area (Å²) >= 11 is 0. The highest BCUT2D eigenvalue weighted by atomic mass is 127. The summed E-state index contributed by atoms with van der Waals surface area (Å²) in [6.45, 7) is 7.33. The second-order valence-electron chi connectivity index (χ2n) is 7.71. The molecule has 1 saturated heterocycles. The molecule has 8 heteroatoms. The second-order valence-corrected chi connectivity index (χ2v) is 7.71. The highest BCUT2D eigenvalue weighted by Gasteiger charge is 2.24. The standard InChI is InChI=1S/C23H35N5O2.HI/c1-2-24-23(25-13-5-9-17-28-16-8-4-12-22(28)29)26-19-20(21-11-10-18-30-21)27-14-6-3-7-15-27;/h4,8,10-12,16,18,20H,2-3,5-7,9,13-15,17,19H2,1H3,(H2,24,25,26);1H. The van der Waals surface area contributed by atoms with Gasteiger partial charge in [-0.05, 0) is 63.9 Å². The number of piperidine rings is 1. The van der Waals surface area contributed by atoms with Gasteiger partial charge in [0.05, 0.1) is 18.8 Å². The summed E-state index contributed by atoms with van der Waals surface area (Å²) in [4.78, 5) is 19.1. The lowest BCUT2D eigenvalue weighted by Gasteiger charge is -2.32. The van der Waals surface area contributed by atoms with Crippen LogP contribution in [0.1, 0.15) is 50.8 Å². The van der Waals surface area contributed by atoms with Crippen LogP contribution in [0.2, 0.25) is 0 Å². The second kappa shape index (κ2) is 14.3. The predicted molar refractivity (Wildman–Crippen MR) is 136 cm³/mol. The van der Waals surface area contributed by atoms with Gasteiger partial charge in [0.15, 0.2) is 5.96 Å². The Bertz CT molecular complexity index is 815. The fourth-order valence-corrected chi connectivity index (χ4v) is 3.88. The Hall–Kier alpha value is -1.81. The third kappa shape index (κ3) is 8.33. The molecule has 0 spiro atoms. The first-order valence-corrected chi connectivity index (χ1v) is 11.2. The number of aryl methyl sites for hydroxylation is 1. The molecular weight excluding hydrogens is 505 g/mol. The number of likely N-dealkylation sites (tertiary alicyclic amines) is 1. The number of unbranched alkanes of at least 4 members (excludes halogenated alkanes) is 1. The Morgan fingerprint density at radius 2 is 1.97 bits per heavy atom. The van der Waals surface area contributed by atoms with Crippen LogP contribution in [0.5, 0.6) is 0 Å². The highest BCUT2D eigenvalue weighted by molar-refractivity contribution is 14.0. The molecule has 1 fully saturated rings. The van der Waals surface area contributed by atoms with Crippen molar-refractivity contribution in [1.82, 2.24) is 20.1 Å². The number of guanidine groups is 1. The summed E-state index contributed by atoms with van der Waals surface area (Å²) in [6.07, 6.45) is 9.30. The van der Waals surface area contributed by atoms with Crippen LogP contribution in [0.4, 0.5) is 0 Å². The topological polar surface area (TPSA) is 74.8 Å². The SMILES string of the molecule is CCNC(=NCC(c1ccco1)N1CCCCC1)NCCCCn1ccccc1=O.I. The van der Waals surface area contributed by atoms with Gasteiger partial charge < -0.3 is 19.6 Å². The smallest absolute Gasteiger partial charge is 0.250 e. The largest absolute Gasteiger partial charge is 0.468 e. The fourth-order valence-electron chi connectivity index (χ4n) is 3.88. The van der Waals surface area contributed by atoms with Crippen molar-refractivity contribution in [2.75, 3.05) is 32.7 Å². The zero-order chi connectivity index (χ0) is 21.0. The molecule has 31 heavy (non-hydrogen) atoms. The lowest BCUT2D eigenvalue weighted by Crippen LogP contribution is -2.40. The van der Waals surface area contributed by atoms with E-state index in [2.05, 4.69) is 28.5 Å². The van der Waals surface area contributed by atoms with Crippen LogP contribution in [0.25, 0.3) is 0 Å². The summed E-state index contributed by atoms with van der Waals surface area (Å²) in [5.41, 5.74) is 0.0574. The van der Waals surface area contributed by atoms with Crippen LogP contribution < -0.4 is 16.2 Å². The van der Waals surface area contributed by atoms with E-state index in [4.69, 9.17) is 9.41 Å². The molecule has 0 amide bonds. The number of hydrogen-bond acceptors (Lipinski definition) is 4. The van der Waals surface area contributed by atoms with Crippen molar-refractivity contribution in [2.45, 2.75) is 51.6 Å². The van der Waals surface area contributed by atoms with Gasteiger partial charge in [-0.15, -0.1) is 24.0 Å². The fraction of sp³-hybridized carbons (Fsp3) is 0.565. The van der Waals surface area contributed by atoms with Crippen molar-refractivity contribution in [3.05, 3.63) is 58.9 Å². The van der Waals surface area contributed by atoms with Gasteiger partial charge in [0, 0.05) is 31.9 Å². The molecule has 2 aromatic heterocycles. The molecule has 1 aliphatic rings. The molecule has 0 aliphatic carbocycles. The Balaban J connectivity index is 0.00000341. The maximum absolute atomic E-state index is 11.8. The van der Waals surface area contributed by atoms with Crippen molar-refractivity contribution in [3.63, 3.8) is 0 Å². The zero-order valence-electron chi connectivity index (χ0n) is 18.5. The number of rotatable bonds is 10. The summed E-state index contributed by atoms with van der Waals surface area (Å²) < 4.78 is 7.48. The van der Waals surface area contributed by atoms with E-state index in [0.717, 1.165) is 57.3 Å². The number of aromatic nitrogens is 1. The van der Waals surface area contributed by atoms with Crippen molar-refractivity contribution in [3.8, 4) is 0 Å². The van der Waals surface area contributed by atoms with Crippen LogP contribution >= 0.6 is 24.0 Å². The highest BCUT2D eigenvalue weighted by Crippen LogP contribution is 2.25. The van der Waals surface area contributed by atoms with E-state index >= 15 is 0 Å². The summed E-state index contributed by atoms with van der Waals surface area (Å²) in [7, 11) is 0. The number of furan rings is 1. The van der Waals surface area contributed by atoms with Crippen LogP contribution in [0.3, 0.4) is 0 Å². The molecule has 1 aliphatic heterocycles. The van der Waals surface area contributed by atoms with Gasteiger partial charge in [-0.3, -0.25) is 14.7 Å². The van der Waals surface area contributed by atoms with E-state index in [1.165, 1.54) is 19.3 Å². The molecule has 7 nitrogen and oxygen atoms in total. The maximum Gasteiger partial charge on any atom is 0.250 e. The quantitative estimate of drug-likeness (QED) is 0.208. The summed E-state index contributed by atoms with van der Waals surface area (Å²) in [6, 6.07) is 9.47. The minimum Gasteiger partial charge on any atom is -0.468 e. The molecule has 0 saturated carbocycles. The van der Waals surface area contributed by atoms with Crippen LogP contribution in [-0.4, -0.2) is 48.2 Å². The molecular formula is C23H36IN5O2. The van der Waals surface area contributed by atoms with E-state index in [-0.39, 0.29) is 35.6 Å². The average molecular weight is 541 g/mol. The molecule has 3 rings (SSSR count). The number of hydrogen-bond donors (Lipinski definition) is 2. The number of pyridine rings is 1. The number of halogens is 1. The monoisotopic (exact) mass is 541 g/mol. The minimum atomic E-state index is 0. The molecule has 0 bridgehead atoms. The van der Waals surface area contributed by atoms with E-state index in [0.29, 0.717) is 6.54 Å². The Morgan fingerprint density at radius 3 is 2.68 bits per heavy atom. The summed E-state index contributed by atoms with van der Waals surface area (Å²) in [5, 5.41) is 6.77. The van der Waals surface area contributed by atoms with Crippen molar-refractivity contribution >= 4 is 29.9 Å². The van der Waals surface area contributed by atoms with Crippen LogP contribution in [0, 0.1) is 0 Å². The van der Waals surface area contributed by atoms with Gasteiger partial charge in [-0.1, -0.05) is 12.5 Å². The number of aliphatic imine (C=N–C) groups is 1. The summed E-state index contributed by atoms with van der Waals surface area (Å²) in [5.74, 6) is 1.83. The maximum atomic E-state index is 11.8. The number of nitrogens with one attached hydrogen (secondary N) is 2. The minimum absolute atomic E-state index is 0. The van der Waals surface area contributed by atoms with Gasteiger partial charge in [0.2, 0.25) is 5.56 Å². The molecule has 1 atom stereocenters. The van der Waals surface area contributed by atoms with E-state index < -0.39 is 0 Å². The zero-order valence-corrected chi connectivity index (χ0v) is 20.8. The predicted octanol–water partition coefficient (Wildman–Crippen LogP) is 3.62. The van der Waals surface area contributed by atoms with E-state index in [9.17, 15) is 4.79 Å². The average Bonchev–Trinajstić information content (AvgIpc) is 3.30. The van der Waals surface area contributed by atoms with Crippen molar-refractivity contribution in [1.29, 1.82) is 0 Å². The third-order valence-corrected chi connectivity index (χ3v) is 5.49. The lowest BCUT2D eigenvalue weighted by atomic mass is 10.1. The first-order chi connectivity index (χ1) is 14.8. The number of nitrogens with zero attached hydrogens (tertiary/aromatic N) is 3. The van der Waals surface area contributed by atoms with Crippen molar-refractivity contribution < 1.29 is 4.42 Å². The van der Waals surface area contributed by atoms with Crippen LogP contribution in [0.15, 0.2) is 57.0 Å². The Kier molecular flexibility index (Phi) is 11.7. The molecule has 1 unspecified atom stereocenters. The normalized spacial score (nSPS) is 15.8. The molecule has 2 aromatic rings. The van der Waals surface area contributed by atoms with E-state index in [1.807, 2.05) is 18.3 Å². The van der Waals surface area contributed by atoms with Crippen LogP contribution in [-0.2, 0) is 6.54 Å². The van der Waals surface area contributed by atoms with E-state index in [1.54, 1.807) is 23.0 Å². The Labute approximate surface area is 202 Å². The first kappa shape index (κ1) is 25.5. The molecule has 0 aromatic carbocycles. The van der Waals surface area contributed by atoms with Gasteiger partial charge in [-0.25, -0.2) is 0 Å². The Morgan fingerprint density at radius 1 is 1.13 bits per heavy atom. The van der Waals surface area contributed by atoms with Gasteiger partial charge in [-0.2, -0.15) is 0 Å². The molecule has 3 heterocycles. The van der Waals surface area contributed by atoms with Gasteiger partial charge in [0.25, 0.3) is 0 Å².